The fourth-order valence-corrected chi connectivity index (χ4v) is 3.78. The average molecular weight is 522 g/mol. The molecule has 3 rings (SSSR count). The van der Waals surface area contributed by atoms with Gasteiger partial charge < -0.3 is 20.3 Å². The number of carbonyl (C=O) groups excluding carboxylic acids is 1. The van der Waals surface area contributed by atoms with Gasteiger partial charge in [0, 0.05) is 44.4 Å². The van der Waals surface area contributed by atoms with Crippen molar-refractivity contribution in [2.75, 3.05) is 33.3 Å². The zero-order valence-electron chi connectivity index (χ0n) is 16.2. The number of ether oxygens (including phenoxy) is 1. The molecular formula is C19H29ClIN5O2. The molecular weight excluding hydrogens is 493 g/mol. The molecule has 2 heterocycles. The Labute approximate surface area is 188 Å². The zero-order valence-corrected chi connectivity index (χ0v) is 19.3. The maximum atomic E-state index is 12.5. The van der Waals surface area contributed by atoms with E-state index in [2.05, 4.69) is 20.6 Å². The number of pyridine rings is 1. The van der Waals surface area contributed by atoms with Crippen molar-refractivity contribution in [2.24, 2.45) is 10.9 Å². The molecule has 1 atom stereocenters. The van der Waals surface area contributed by atoms with E-state index in [1.807, 2.05) is 4.90 Å². The SMILES string of the molecule is CN=C(NCCOc1ccc(Cl)cn1)NC1CCN(C(=O)C2CCCC2)C1.I. The highest BCUT2D eigenvalue weighted by Gasteiger charge is 2.32. The summed E-state index contributed by atoms with van der Waals surface area (Å²) in [4.78, 5) is 22.9. The fraction of sp³-hybridized carbons (Fsp3) is 0.632. The second-order valence-electron chi connectivity index (χ2n) is 7.06. The third kappa shape index (κ3) is 6.65. The van der Waals surface area contributed by atoms with Crippen molar-refractivity contribution in [3.05, 3.63) is 23.4 Å². The summed E-state index contributed by atoms with van der Waals surface area (Å²) in [5.41, 5.74) is 0. The summed E-state index contributed by atoms with van der Waals surface area (Å²) in [5, 5.41) is 7.22. The molecule has 2 aliphatic rings. The fourth-order valence-electron chi connectivity index (χ4n) is 3.67. The number of nitrogens with zero attached hydrogens (tertiary/aromatic N) is 3. The molecule has 1 aromatic heterocycles. The van der Waals surface area contributed by atoms with E-state index in [4.69, 9.17) is 16.3 Å². The molecule has 1 aliphatic carbocycles. The molecule has 1 unspecified atom stereocenters. The normalized spacial score (nSPS) is 20.0. The van der Waals surface area contributed by atoms with E-state index < -0.39 is 0 Å². The quantitative estimate of drug-likeness (QED) is 0.260. The number of rotatable bonds is 6. The molecule has 0 radical (unpaired) electrons. The lowest BCUT2D eigenvalue weighted by Gasteiger charge is -2.21. The van der Waals surface area contributed by atoms with Gasteiger partial charge in [0.15, 0.2) is 5.96 Å². The van der Waals surface area contributed by atoms with Gasteiger partial charge in [-0.2, -0.15) is 0 Å². The van der Waals surface area contributed by atoms with Crippen LogP contribution in [0.1, 0.15) is 32.1 Å². The van der Waals surface area contributed by atoms with Gasteiger partial charge in [0.1, 0.15) is 6.61 Å². The Morgan fingerprint density at radius 1 is 1.36 bits per heavy atom. The van der Waals surface area contributed by atoms with Gasteiger partial charge in [-0.05, 0) is 25.3 Å². The lowest BCUT2D eigenvalue weighted by Crippen LogP contribution is -2.46. The summed E-state index contributed by atoms with van der Waals surface area (Å²) < 4.78 is 5.56. The zero-order chi connectivity index (χ0) is 19.1. The van der Waals surface area contributed by atoms with Crippen molar-refractivity contribution in [3.8, 4) is 5.88 Å². The number of halogens is 2. The molecule has 1 saturated heterocycles. The molecule has 156 valence electrons. The van der Waals surface area contributed by atoms with Crippen molar-refractivity contribution in [1.82, 2.24) is 20.5 Å². The average Bonchev–Trinajstić information content (AvgIpc) is 3.37. The van der Waals surface area contributed by atoms with E-state index in [0.29, 0.717) is 30.0 Å². The molecule has 2 fully saturated rings. The van der Waals surface area contributed by atoms with Gasteiger partial charge in [-0.1, -0.05) is 24.4 Å². The molecule has 0 bridgehead atoms. The van der Waals surface area contributed by atoms with Crippen LogP contribution in [0.5, 0.6) is 5.88 Å². The number of carbonyl (C=O) groups is 1. The van der Waals surface area contributed by atoms with Gasteiger partial charge in [-0.3, -0.25) is 9.79 Å². The van der Waals surface area contributed by atoms with E-state index in [0.717, 1.165) is 38.3 Å². The van der Waals surface area contributed by atoms with Gasteiger partial charge in [0.05, 0.1) is 11.6 Å². The maximum Gasteiger partial charge on any atom is 0.225 e. The van der Waals surface area contributed by atoms with Crippen LogP contribution in [0.25, 0.3) is 0 Å². The minimum absolute atomic E-state index is 0. The minimum Gasteiger partial charge on any atom is -0.476 e. The van der Waals surface area contributed by atoms with E-state index >= 15 is 0 Å². The van der Waals surface area contributed by atoms with Crippen LogP contribution in [0.3, 0.4) is 0 Å². The molecule has 1 amide bonds. The molecule has 7 nitrogen and oxygen atoms in total. The predicted molar refractivity (Wildman–Crippen MR) is 122 cm³/mol. The third-order valence-corrected chi connectivity index (χ3v) is 5.34. The highest BCUT2D eigenvalue weighted by atomic mass is 127. The van der Waals surface area contributed by atoms with Gasteiger partial charge in [0.2, 0.25) is 11.8 Å². The molecule has 1 aromatic rings. The van der Waals surface area contributed by atoms with Crippen molar-refractivity contribution in [2.45, 2.75) is 38.1 Å². The largest absolute Gasteiger partial charge is 0.476 e. The smallest absolute Gasteiger partial charge is 0.225 e. The maximum absolute atomic E-state index is 12.5. The Kier molecular flexibility index (Phi) is 9.57. The number of aliphatic imine (C=N–C) groups is 1. The third-order valence-electron chi connectivity index (χ3n) is 5.11. The summed E-state index contributed by atoms with van der Waals surface area (Å²) in [6, 6.07) is 3.72. The highest BCUT2D eigenvalue weighted by molar-refractivity contribution is 14.0. The Hall–Kier alpha value is -1.29. The predicted octanol–water partition coefficient (Wildman–Crippen LogP) is 2.69. The summed E-state index contributed by atoms with van der Waals surface area (Å²) in [7, 11) is 1.74. The number of likely N-dealkylation sites (tertiary alicyclic amines) is 1. The van der Waals surface area contributed by atoms with E-state index in [-0.39, 0.29) is 35.9 Å². The van der Waals surface area contributed by atoms with Crippen LogP contribution in [0.2, 0.25) is 5.02 Å². The second kappa shape index (κ2) is 11.6. The monoisotopic (exact) mass is 521 g/mol. The van der Waals surface area contributed by atoms with Crippen molar-refractivity contribution >= 4 is 47.4 Å². The lowest BCUT2D eigenvalue weighted by atomic mass is 10.1. The molecule has 0 spiro atoms. The molecule has 0 aromatic carbocycles. The standard InChI is InChI=1S/C19H28ClN5O2.HI/c1-21-19(22-9-11-27-17-7-6-15(20)12-23-17)24-16-8-10-25(13-16)18(26)14-4-2-3-5-14;/h6-7,12,14,16H,2-5,8-11,13H2,1H3,(H2,21,22,24);1H. The summed E-state index contributed by atoms with van der Waals surface area (Å²) in [5.74, 6) is 1.85. The molecule has 1 saturated carbocycles. The van der Waals surface area contributed by atoms with Crippen LogP contribution >= 0.6 is 35.6 Å². The van der Waals surface area contributed by atoms with Crippen LogP contribution in [0.4, 0.5) is 0 Å². The Bertz CT molecular complexity index is 652. The number of hydrogen-bond donors (Lipinski definition) is 2. The first kappa shape index (κ1) is 23.0. The van der Waals surface area contributed by atoms with Gasteiger partial charge >= 0.3 is 0 Å². The van der Waals surface area contributed by atoms with E-state index in [9.17, 15) is 4.79 Å². The Morgan fingerprint density at radius 3 is 2.82 bits per heavy atom. The second-order valence-corrected chi connectivity index (χ2v) is 7.49. The lowest BCUT2D eigenvalue weighted by molar-refractivity contribution is -0.134. The van der Waals surface area contributed by atoms with Crippen LogP contribution < -0.4 is 15.4 Å². The first-order chi connectivity index (χ1) is 13.2. The Morgan fingerprint density at radius 2 is 2.14 bits per heavy atom. The van der Waals surface area contributed by atoms with Gasteiger partial charge in [0.25, 0.3) is 0 Å². The van der Waals surface area contributed by atoms with Gasteiger partial charge in [-0.15, -0.1) is 24.0 Å². The molecule has 1 aliphatic heterocycles. The van der Waals surface area contributed by atoms with Crippen molar-refractivity contribution < 1.29 is 9.53 Å². The van der Waals surface area contributed by atoms with Crippen molar-refractivity contribution in [3.63, 3.8) is 0 Å². The van der Waals surface area contributed by atoms with Crippen LogP contribution in [-0.2, 0) is 4.79 Å². The number of aromatic nitrogens is 1. The van der Waals surface area contributed by atoms with Crippen LogP contribution in [-0.4, -0.2) is 61.1 Å². The van der Waals surface area contributed by atoms with Crippen LogP contribution in [0.15, 0.2) is 23.3 Å². The van der Waals surface area contributed by atoms with Gasteiger partial charge in [-0.25, -0.2) is 4.98 Å². The number of amides is 1. The number of hydrogen-bond acceptors (Lipinski definition) is 4. The first-order valence-corrected chi connectivity index (χ1v) is 10.0. The van der Waals surface area contributed by atoms with E-state index in [1.165, 1.54) is 12.8 Å². The minimum atomic E-state index is 0. The van der Waals surface area contributed by atoms with Crippen LogP contribution in [0, 0.1) is 5.92 Å². The topological polar surface area (TPSA) is 78.9 Å². The summed E-state index contributed by atoms with van der Waals surface area (Å²) in [6.07, 6.45) is 7.00. The Balaban J connectivity index is 0.00000280. The number of nitrogens with one attached hydrogen (secondary N) is 2. The summed E-state index contributed by atoms with van der Waals surface area (Å²) in [6.45, 7) is 2.64. The number of guanidine groups is 1. The highest BCUT2D eigenvalue weighted by Crippen LogP contribution is 2.27. The van der Waals surface area contributed by atoms with E-state index in [1.54, 1.807) is 25.4 Å². The molecule has 28 heavy (non-hydrogen) atoms. The van der Waals surface area contributed by atoms with Crippen molar-refractivity contribution in [1.29, 1.82) is 0 Å². The summed E-state index contributed by atoms with van der Waals surface area (Å²) >= 11 is 5.80. The molecule has 9 heteroatoms. The first-order valence-electron chi connectivity index (χ1n) is 9.66. The molecule has 2 N–H and O–H groups in total.